The third-order valence-corrected chi connectivity index (χ3v) is 4.92. The van der Waals surface area contributed by atoms with Crippen molar-refractivity contribution in [1.29, 1.82) is 0 Å². The number of aromatic nitrogens is 4. The van der Waals surface area contributed by atoms with E-state index in [0.29, 0.717) is 37.2 Å². The van der Waals surface area contributed by atoms with Crippen molar-refractivity contribution in [3.05, 3.63) is 39.4 Å². The minimum absolute atomic E-state index is 0.136. The first-order valence-electron chi connectivity index (χ1n) is 8.32. The Bertz CT molecular complexity index is 1040. The lowest BCUT2D eigenvalue weighted by atomic mass is 9.93. The maximum atomic E-state index is 12.5. The van der Waals surface area contributed by atoms with Gasteiger partial charge in [0.15, 0.2) is 5.65 Å². The zero-order chi connectivity index (χ0) is 17.7. The van der Waals surface area contributed by atoms with Crippen LogP contribution in [0.1, 0.15) is 35.7 Å². The van der Waals surface area contributed by atoms with Gasteiger partial charge in [0.05, 0.1) is 5.39 Å². The molecule has 25 heavy (non-hydrogen) atoms. The van der Waals surface area contributed by atoms with E-state index < -0.39 is 6.09 Å². The number of nitrogens with one attached hydrogen (secondary N) is 1. The lowest BCUT2D eigenvalue weighted by Gasteiger charge is -2.29. The number of rotatable bonds is 1. The molecule has 0 atom stereocenters. The molecule has 0 unspecified atom stereocenters. The second-order valence-corrected chi connectivity index (χ2v) is 6.65. The molecule has 4 rings (SSSR count). The van der Waals surface area contributed by atoms with Crippen LogP contribution < -0.4 is 5.56 Å². The van der Waals surface area contributed by atoms with E-state index >= 15 is 0 Å². The maximum absolute atomic E-state index is 12.5. The second kappa shape index (κ2) is 5.58. The van der Waals surface area contributed by atoms with E-state index in [0.717, 1.165) is 22.3 Å². The van der Waals surface area contributed by atoms with Gasteiger partial charge in [-0.25, -0.2) is 9.78 Å². The maximum Gasteiger partial charge on any atom is 0.407 e. The predicted molar refractivity (Wildman–Crippen MR) is 92.2 cm³/mol. The number of amides is 1. The van der Waals surface area contributed by atoms with Gasteiger partial charge in [0.2, 0.25) is 0 Å². The molecule has 0 spiro atoms. The van der Waals surface area contributed by atoms with Gasteiger partial charge in [-0.05, 0) is 38.3 Å². The quantitative estimate of drug-likeness (QED) is 0.705. The van der Waals surface area contributed by atoms with Crippen LogP contribution in [-0.2, 0) is 0 Å². The Morgan fingerprint density at radius 2 is 2.00 bits per heavy atom. The predicted octanol–water partition coefficient (Wildman–Crippen LogP) is 2.05. The highest BCUT2D eigenvalue weighted by molar-refractivity contribution is 5.92. The largest absolute Gasteiger partial charge is 0.465 e. The van der Waals surface area contributed by atoms with Crippen LogP contribution in [0.25, 0.3) is 16.7 Å². The Morgan fingerprint density at radius 1 is 1.28 bits per heavy atom. The van der Waals surface area contributed by atoms with E-state index in [4.69, 9.17) is 5.11 Å². The van der Waals surface area contributed by atoms with Gasteiger partial charge < -0.3 is 15.0 Å². The number of aryl methyl sites for hydroxylation is 2. The highest BCUT2D eigenvalue weighted by Crippen LogP contribution is 2.28. The molecular weight excluding hydrogens is 322 g/mol. The Morgan fingerprint density at radius 3 is 2.68 bits per heavy atom. The monoisotopic (exact) mass is 341 g/mol. The lowest BCUT2D eigenvalue weighted by molar-refractivity contribution is 0.131. The Kier molecular flexibility index (Phi) is 3.48. The number of likely N-dealkylation sites (tertiary alicyclic amines) is 1. The number of pyridine rings is 1. The smallest absolute Gasteiger partial charge is 0.407 e. The van der Waals surface area contributed by atoms with Crippen molar-refractivity contribution in [1.82, 2.24) is 24.5 Å². The second-order valence-electron chi connectivity index (χ2n) is 6.65. The number of fused-ring (bicyclic) bond motifs is 3. The van der Waals surface area contributed by atoms with Crippen LogP contribution in [0.2, 0.25) is 0 Å². The summed E-state index contributed by atoms with van der Waals surface area (Å²) in [6.07, 6.45) is 0.503. The summed E-state index contributed by atoms with van der Waals surface area (Å²) in [6.45, 7) is 4.84. The molecule has 130 valence electrons. The molecule has 0 saturated carbocycles. The summed E-state index contributed by atoms with van der Waals surface area (Å²) in [5, 5.41) is 14.3. The fourth-order valence-corrected chi connectivity index (χ4v) is 3.68. The fourth-order valence-electron chi connectivity index (χ4n) is 3.68. The highest BCUT2D eigenvalue weighted by Gasteiger charge is 2.25. The number of H-pyrrole nitrogens is 1. The summed E-state index contributed by atoms with van der Waals surface area (Å²) in [5.41, 5.74) is 3.74. The van der Waals surface area contributed by atoms with E-state index in [1.54, 1.807) is 6.07 Å². The van der Waals surface area contributed by atoms with Gasteiger partial charge in [-0.2, -0.15) is 4.52 Å². The molecule has 0 bridgehead atoms. The van der Waals surface area contributed by atoms with Gasteiger partial charge in [-0.15, -0.1) is 5.10 Å². The summed E-state index contributed by atoms with van der Waals surface area (Å²) in [6, 6.07) is 3.54. The first-order chi connectivity index (χ1) is 11.9. The van der Waals surface area contributed by atoms with E-state index in [1.807, 2.05) is 19.9 Å². The average Bonchev–Trinajstić information content (AvgIpc) is 2.94. The van der Waals surface area contributed by atoms with Gasteiger partial charge >= 0.3 is 6.09 Å². The number of carbonyl (C=O) groups is 1. The zero-order valence-corrected chi connectivity index (χ0v) is 14.1. The normalized spacial score (nSPS) is 16.0. The first-order valence-corrected chi connectivity index (χ1v) is 8.32. The van der Waals surface area contributed by atoms with Crippen LogP contribution in [0.5, 0.6) is 0 Å². The molecule has 1 aliphatic rings. The van der Waals surface area contributed by atoms with Crippen molar-refractivity contribution in [2.24, 2.45) is 0 Å². The molecule has 0 aliphatic carbocycles. The van der Waals surface area contributed by atoms with Gasteiger partial charge in [0.25, 0.3) is 5.56 Å². The van der Waals surface area contributed by atoms with Crippen molar-refractivity contribution in [2.45, 2.75) is 32.6 Å². The van der Waals surface area contributed by atoms with E-state index in [9.17, 15) is 9.59 Å². The van der Waals surface area contributed by atoms with Gasteiger partial charge in [0.1, 0.15) is 5.65 Å². The molecule has 1 saturated heterocycles. The standard InChI is InChI=1S/C17H19N5O3/c1-9-7-10(2)18-15-14(9)16-19-12(8-13(23)22(16)20-15)11-3-5-21(6-4-11)17(24)25/h7-8,11,19H,3-6H2,1-2H3,(H,24,25). The van der Waals surface area contributed by atoms with Gasteiger partial charge in [-0.3, -0.25) is 4.79 Å². The molecule has 8 nitrogen and oxygen atoms in total. The lowest BCUT2D eigenvalue weighted by Crippen LogP contribution is -2.37. The van der Waals surface area contributed by atoms with E-state index in [-0.39, 0.29) is 11.5 Å². The average molecular weight is 341 g/mol. The molecule has 3 aromatic rings. The van der Waals surface area contributed by atoms with Crippen LogP contribution >= 0.6 is 0 Å². The van der Waals surface area contributed by atoms with Crippen LogP contribution in [0.15, 0.2) is 16.9 Å². The Balaban J connectivity index is 1.80. The molecule has 1 fully saturated rings. The first kappa shape index (κ1) is 15.6. The van der Waals surface area contributed by atoms with Crippen LogP contribution in [0.3, 0.4) is 0 Å². The molecule has 1 aliphatic heterocycles. The van der Waals surface area contributed by atoms with Crippen LogP contribution in [-0.4, -0.2) is 48.8 Å². The number of carboxylic acid groups (broad SMARTS) is 1. The van der Waals surface area contributed by atoms with Crippen molar-refractivity contribution in [3.63, 3.8) is 0 Å². The van der Waals surface area contributed by atoms with Crippen molar-refractivity contribution in [2.75, 3.05) is 13.1 Å². The zero-order valence-electron chi connectivity index (χ0n) is 14.1. The molecule has 1 amide bonds. The third kappa shape index (κ3) is 2.54. The topological polar surface area (TPSA) is 104 Å². The highest BCUT2D eigenvalue weighted by atomic mass is 16.4. The number of hydrogen-bond donors (Lipinski definition) is 2. The van der Waals surface area contributed by atoms with Crippen molar-refractivity contribution < 1.29 is 9.90 Å². The van der Waals surface area contributed by atoms with Crippen molar-refractivity contribution >= 4 is 22.8 Å². The summed E-state index contributed by atoms with van der Waals surface area (Å²) in [5.74, 6) is 0.136. The number of hydrogen-bond acceptors (Lipinski definition) is 4. The van der Waals surface area contributed by atoms with Crippen LogP contribution in [0.4, 0.5) is 4.79 Å². The minimum Gasteiger partial charge on any atom is -0.465 e. The van der Waals surface area contributed by atoms with Gasteiger partial charge in [-0.1, -0.05) is 0 Å². The summed E-state index contributed by atoms with van der Waals surface area (Å²) in [7, 11) is 0. The van der Waals surface area contributed by atoms with E-state index in [2.05, 4.69) is 15.1 Å². The fraction of sp³-hybridized carbons (Fsp3) is 0.412. The minimum atomic E-state index is -0.888. The SMILES string of the molecule is Cc1cc(C)c2c(n1)nn1c(=O)cc(C3CCN(C(=O)O)CC3)[nH]c21. The number of piperidine rings is 1. The van der Waals surface area contributed by atoms with Gasteiger partial charge in [0, 0.05) is 36.5 Å². The molecule has 8 heteroatoms. The summed E-state index contributed by atoms with van der Waals surface area (Å²) in [4.78, 5) is 32.8. The summed E-state index contributed by atoms with van der Waals surface area (Å²) >= 11 is 0. The number of aromatic amines is 1. The van der Waals surface area contributed by atoms with E-state index in [1.165, 1.54) is 9.42 Å². The Hall–Kier alpha value is -2.90. The molecule has 0 radical (unpaired) electrons. The molecule has 0 aromatic carbocycles. The Labute approximate surface area is 143 Å². The molecule has 3 aromatic heterocycles. The molecule has 4 heterocycles. The molecular formula is C17H19N5O3. The summed E-state index contributed by atoms with van der Waals surface area (Å²) < 4.78 is 1.36. The number of nitrogens with zero attached hydrogens (tertiary/aromatic N) is 4. The molecule has 2 N–H and O–H groups in total. The van der Waals surface area contributed by atoms with Crippen molar-refractivity contribution in [3.8, 4) is 0 Å². The van der Waals surface area contributed by atoms with Crippen LogP contribution in [0, 0.1) is 13.8 Å². The third-order valence-electron chi connectivity index (χ3n) is 4.92.